The third-order valence-corrected chi connectivity index (χ3v) is 3.90. The van der Waals surface area contributed by atoms with Gasteiger partial charge >= 0.3 is 0 Å². The molecule has 0 radical (unpaired) electrons. The average molecular weight is 318 g/mol. The number of rotatable bonds is 6. The molecule has 0 amide bonds. The summed E-state index contributed by atoms with van der Waals surface area (Å²) in [4.78, 5) is 0. The summed E-state index contributed by atoms with van der Waals surface area (Å²) in [5, 5.41) is 10.00. The molecule has 0 aliphatic carbocycles. The van der Waals surface area contributed by atoms with Crippen molar-refractivity contribution in [3.8, 4) is 28.7 Å². The van der Waals surface area contributed by atoms with E-state index in [9.17, 15) is 5.11 Å². The van der Waals surface area contributed by atoms with Gasteiger partial charge in [-0.2, -0.15) is 0 Å². The van der Waals surface area contributed by atoms with Crippen LogP contribution in [0.2, 0.25) is 0 Å². The van der Waals surface area contributed by atoms with Gasteiger partial charge in [0, 0.05) is 11.5 Å². The van der Waals surface area contributed by atoms with Crippen molar-refractivity contribution in [1.29, 1.82) is 0 Å². The van der Waals surface area contributed by atoms with Crippen LogP contribution in [0, 0.1) is 0 Å². The first-order chi connectivity index (χ1) is 11.1. The number of aromatic hydroxyl groups is 1. The Bertz CT molecular complexity index is 681. The van der Waals surface area contributed by atoms with Gasteiger partial charge in [-0.25, -0.2) is 0 Å². The minimum atomic E-state index is -0.0124. The van der Waals surface area contributed by atoms with Crippen LogP contribution in [0.15, 0.2) is 30.3 Å². The Labute approximate surface area is 136 Å². The summed E-state index contributed by atoms with van der Waals surface area (Å²) in [6, 6.07) is 9.14. The van der Waals surface area contributed by atoms with Crippen molar-refractivity contribution >= 4 is 0 Å². The normalized spacial score (nSPS) is 11.7. The zero-order valence-corrected chi connectivity index (χ0v) is 14.0. The lowest BCUT2D eigenvalue weighted by atomic mass is 9.91. The summed E-state index contributed by atoms with van der Waals surface area (Å²) in [5.41, 5.74) is 1.88. The van der Waals surface area contributed by atoms with Gasteiger partial charge in [-0.3, -0.25) is 0 Å². The van der Waals surface area contributed by atoms with Crippen LogP contribution in [0.1, 0.15) is 24.0 Å². The van der Waals surface area contributed by atoms with E-state index in [1.54, 1.807) is 33.5 Å². The van der Waals surface area contributed by atoms with E-state index < -0.39 is 0 Å². The minimum absolute atomic E-state index is 0.0124. The van der Waals surface area contributed by atoms with Gasteiger partial charge in [-0.15, -0.1) is 0 Å². The maximum Gasteiger partial charge on any atom is 0.203 e. The molecule has 0 saturated carbocycles. The van der Waals surface area contributed by atoms with Crippen LogP contribution in [0.4, 0.5) is 0 Å². The van der Waals surface area contributed by atoms with Crippen molar-refractivity contribution in [1.82, 2.24) is 0 Å². The van der Waals surface area contributed by atoms with Gasteiger partial charge < -0.3 is 24.1 Å². The van der Waals surface area contributed by atoms with Gasteiger partial charge in [-0.05, 0) is 23.8 Å². The molecule has 0 spiro atoms. The molecule has 1 N–H and O–H groups in total. The van der Waals surface area contributed by atoms with E-state index in [1.165, 1.54) is 7.11 Å². The first-order valence-electron chi connectivity index (χ1n) is 7.23. The number of benzene rings is 2. The predicted molar refractivity (Wildman–Crippen MR) is 88.3 cm³/mol. The van der Waals surface area contributed by atoms with E-state index in [-0.39, 0.29) is 11.7 Å². The maximum atomic E-state index is 10.00. The van der Waals surface area contributed by atoms with Gasteiger partial charge in [0.25, 0.3) is 0 Å². The van der Waals surface area contributed by atoms with Crippen LogP contribution in [0.3, 0.4) is 0 Å². The Morgan fingerprint density at radius 3 is 1.91 bits per heavy atom. The zero-order chi connectivity index (χ0) is 17.0. The highest BCUT2D eigenvalue weighted by Gasteiger charge is 2.21. The summed E-state index contributed by atoms with van der Waals surface area (Å²) in [6.07, 6.45) is 0. The molecular formula is C18H22O5. The highest BCUT2D eigenvalue weighted by molar-refractivity contribution is 5.58. The SMILES string of the molecule is COc1ccc(C(C)c2ccc(OC)c(OC)c2OC)cc1O. The molecule has 0 heterocycles. The van der Waals surface area contributed by atoms with Crippen LogP contribution in [-0.2, 0) is 0 Å². The lowest BCUT2D eigenvalue weighted by Gasteiger charge is -2.20. The molecule has 5 nitrogen and oxygen atoms in total. The number of phenols is 1. The van der Waals surface area contributed by atoms with Gasteiger partial charge in [0.1, 0.15) is 0 Å². The molecule has 1 atom stereocenters. The second kappa shape index (κ2) is 7.13. The van der Waals surface area contributed by atoms with E-state index in [4.69, 9.17) is 18.9 Å². The molecular weight excluding hydrogens is 296 g/mol. The smallest absolute Gasteiger partial charge is 0.203 e. The quantitative estimate of drug-likeness (QED) is 0.882. The van der Waals surface area contributed by atoms with Crippen molar-refractivity contribution in [2.75, 3.05) is 28.4 Å². The average Bonchev–Trinajstić information content (AvgIpc) is 2.59. The van der Waals surface area contributed by atoms with Gasteiger partial charge in [0.15, 0.2) is 23.0 Å². The van der Waals surface area contributed by atoms with Crippen molar-refractivity contribution in [3.63, 3.8) is 0 Å². The van der Waals surface area contributed by atoms with Crippen molar-refractivity contribution in [3.05, 3.63) is 41.5 Å². The molecule has 2 aromatic carbocycles. The van der Waals surface area contributed by atoms with E-state index in [1.807, 2.05) is 25.1 Å². The Balaban J connectivity index is 2.50. The third kappa shape index (κ3) is 3.13. The number of methoxy groups -OCH3 is 4. The van der Waals surface area contributed by atoms with E-state index in [0.717, 1.165) is 11.1 Å². The highest BCUT2D eigenvalue weighted by Crippen LogP contribution is 2.44. The summed E-state index contributed by atoms with van der Waals surface area (Å²) in [5.74, 6) is 2.32. The Morgan fingerprint density at radius 1 is 0.783 bits per heavy atom. The molecule has 23 heavy (non-hydrogen) atoms. The van der Waals surface area contributed by atoms with Gasteiger partial charge in [0.2, 0.25) is 5.75 Å². The second-order valence-corrected chi connectivity index (χ2v) is 5.08. The minimum Gasteiger partial charge on any atom is -0.504 e. The van der Waals surface area contributed by atoms with Gasteiger partial charge in [-0.1, -0.05) is 19.1 Å². The fourth-order valence-corrected chi connectivity index (χ4v) is 2.62. The Hall–Kier alpha value is -2.56. The first-order valence-corrected chi connectivity index (χ1v) is 7.23. The monoisotopic (exact) mass is 318 g/mol. The standard InChI is InChI=1S/C18H22O5/c1-11(12-6-8-15(20-2)14(19)10-12)13-7-9-16(21-3)18(23-5)17(13)22-4/h6-11,19H,1-5H3. The molecule has 0 aliphatic rings. The lowest BCUT2D eigenvalue weighted by Crippen LogP contribution is -2.03. The number of phenolic OH excluding ortho intramolecular Hbond substituents is 1. The van der Waals surface area contributed by atoms with Crippen LogP contribution in [-0.4, -0.2) is 33.5 Å². The fourth-order valence-electron chi connectivity index (χ4n) is 2.62. The molecule has 2 rings (SSSR count). The predicted octanol–water partition coefficient (Wildman–Crippen LogP) is 3.58. The zero-order valence-electron chi connectivity index (χ0n) is 14.0. The van der Waals surface area contributed by atoms with Crippen molar-refractivity contribution < 1.29 is 24.1 Å². The maximum absolute atomic E-state index is 10.00. The fraction of sp³-hybridized carbons (Fsp3) is 0.333. The molecule has 0 fully saturated rings. The Morgan fingerprint density at radius 2 is 1.39 bits per heavy atom. The first kappa shape index (κ1) is 16.8. The molecule has 0 saturated heterocycles. The molecule has 0 bridgehead atoms. The summed E-state index contributed by atoms with van der Waals surface area (Å²) in [6.45, 7) is 2.03. The molecule has 1 unspecified atom stereocenters. The molecule has 0 aliphatic heterocycles. The topological polar surface area (TPSA) is 57.2 Å². The molecule has 2 aromatic rings. The summed E-state index contributed by atoms with van der Waals surface area (Å²) < 4.78 is 21.4. The largest absolute Gasteiger partial charge is 0.504 e. The van der Waals surface area contributed by atoms with E-state index in [2.05, 4.69) is 0 Å². The van der Waals surface area contributed by atoms with Gasteiger partial charge in [0.05, 0.1) is 28.4 Å². The number of hydrogen-bond donors (Lipinski definition) is 1. The molecule has 5 heteroatoms. The van der Waals surface area contributed by atoms with Crippen LogP contribution < -0.4 is 18.9 Å². The lowest BCUT2D eigenvalue weighted by molar-refractivity contribution is 0.321. The van der Waals surface area contributed by atoms with Crippen LogP contribution >= 0.6 is 0 Å². The van der Waals surface area contributed by atoms with E-state index >= 15 is 0 Å². The van der Waals surface area contributed by atoms with Crippen LogP contribution in [0.25, 0.3) is 0 Å². The van der Waals surface area contributed by atoms with E-state index in [0.29, 0.717) is 23.0 Å². The van der Waals surface area contributed by atoms with Crippen molar-refractivity contribution in [2.24, 2.45) is 0 Å². The van der Waals surface area contributed by atoms with Crippen LogP contribution in [0.5, 0.6) is 28.7 Å². The summed E-state index contributed by atoms with van der Waals surface area (Å²) >= 11 is 0. The number of hydrogen-bond acceptors (Lipinski definition) is 5. The number of ether oxygens (including phenoxy) is 4. The molecule has 0 aromatic heterocycles. The molecule has 124 valence electrons. The third-order valence-electron chi connectivity index (χ3n) is 3.90. The van der Waals surface area contributed by atoms with Crippen molar-refractivity contribution in [2.45, 2.75) is 12.8 Å². The summed E-state index contributed by atoms with van der Waals surface area (Å²) in [7, 11) is 6.28. The highest BCUT2D eigenvalue weighted by atomic mass is 16.5. The second-order valence-electron chi connectivity index (χ2n) is 5.08. The Kier molecular flexibility index (Phi) is 5.21.